The SMILES string of the molecule is C[C@@H](OC(=O)c1cc(S(=O)(=O)N(C)c2ccccc2)ccc1Cl)C(=O)N1CCc2ccccc21. The number of halogens is 1. The lowest BCUT2D eigenvalue weighted by atomic mass is 10.2. The highest BCUT2D eigenvalue weighted by Gasteiger charge is 2.31. The summed E-state index contributed by atoms with van der Waals surface area (Å²) < 4.78 is 32.7. The van der Waals surface area contributed by atoms with E-state index in [1.54, 1.807) is 35.2 Å². The van der Waals surface area contributed by atoms with Crippen LogP contribution in [0.3, 0.4) is 0 Å². The normalized spacial score (nSPS) is 13.8. The van der Waals surface area contributed by atoms with Crippen molar-refractivity contribution in [3.05, 3.63) is 88.9 Å². The van der Waals surface area contributed by atoms with Crippen LogP contribution in [0.25, 0.3) is 0 Å². The van der Waals surface area contributed by atoms with Gasteiger partial charge in [0.25, 0.3) is 15.9 Å². The van der Waals surface area contributed by atoms with Crippen molar-refractivity contribution < 1.29 is 22.7 Å². The van der Waals surface area contributed by atoms with Gasteiger partial charge in [0.2, 0.25) is 0 Å². The maximum Gasteiger partial charge on any atom is 0.340 e. The Kier molecular flexibility index (Phi) is 6.63. The van der Waals surface area contributed by atoms with Gasteiger partial charge in [-0.05, 0) is 55.3 Å². The molecule has 9 heteroatoms. The molecule has 1 amide bonds. The maximum atomic E-state index is 13.1. The van der Waals surface area contributed by atoms with E-state index in [-0.39, 0.29) is 21.4 Å². The summed E-state index contributed by atoms with van der Waals surface area (Å²) in [4.78, 5) is 27.3. The molecular formula is C25H23ClN2O5S. The number of sulfonamides is 1. The van der Waals surface area contributed by atoms with Crippen LogP contribution in [0.2, 0.25) is 5.02 Å². The fourth-order valence-corrected chi connectivity index (χ4v) is 5.23. The Bertz CT molecular complexity index is 1340. The van der Waals surface area contributed by atoms with E-state index in [0.29, 0.717) is 12.2 Å². The van der Waals surface area contributed by atoms with Gasteiger partial charge < -0.3 is 9.64 Å². The van der Waals surface area contributed by atoms with Crippen LogP contribution in [0.1, 0.15) is 22.8 Å². The van der Waals surface area contributed by atoms with E-state index in [1.165, 1.54) is 32.2 Å². The van der Waals surface area contributed by atoms with Gasteiger partial charge in [0.05, 0.1) is 21.2 Å². The van der Waals surface area contributed by atoms with E-state index in [9.17, 15) is 18.0 Å². The van der Waals surface area contributed by atoms with Gasteiger partial charge in [-0.1, -0.05) is 48.0 Å². The van der Waals surface area contributed by atoms with E-state index in [0.717, 1.165) is 22.0 Å². The van der Waals surface area contributed by atoms with E-state index < -0.39 is 22.1 Å². The largest absolute Gasteiger partial charge is 0.449 e. The quantitative estimate of drug-likeness (QED) is 0.473. The van der Waals surface area contributed by atoms with Gasteiger partial charge in [0, 0.05) is 19.3 Å². The summed E-state index contributed by atoms with van der Waals surface area (Å²) >= 11 is 6.19. The Morgan fingerprint density at radius 3 is 2.44 bits per heavy atom. The monoisotopic (exact) mass is 498 g/mol. The lowest BCUT2D eigenvalue weighted by Gasteiger charge is -2.22. The number of hydrogen-bond acceptors (Lipinski definition) is 5. The Balaban J connectivity index is 1.54. The predicted molar refractivity (Wildman–Crippen MR) is 131 cm³/mol. The van der Waals surface area contributed by atoms with Crippen LogP contribution in [0.15, 0.2) is 77.7 Å². The number of hydrogen-bond donors (Lipinski definition) is 0. The molecule has 34 heavy (non-hydrogen) atoms. The molecule has 0 aromatic heterocycles. The number of rotatable bonds is 6. The predicted octanol–water partition coefficient (Wildman–Crippen LogP) is 4.30. The van der Waals surface area contributed by atoms with E-state index >= 15 is 0 Å². The molecule has 0 spiro atoms. The molecule has 0 fully saturated rings. The Morgan fingerprint density at radius 2 is 1.71 bits per heavy atom. The number of benzene rings is 3. The van der Waals surface area contributed by atoms with Crippen molar-refractivity contribution in [1.82, 2.24) is 0 Å². The van der Waals surface area contributed by atoms with E-state index in [1.807, 2.05) is 24.3 Å². The second kappa shape index (κ2) is 9.48. The smallest absolute Gasteiger partial charge is 0.340 e. The average molecular weight is 499 g/mol. The minimum Gasteiger partial charge on any atom is -0.449 e. The van der Waals surface area contributed by atoms with Gasteiger partial charge in [0.15, 0.2) is 6.10 Å². The molecule has 0 radical (unpaired) electrons. The van der Waals surface area contributed by atoms with Gasteiger partial charge in [-0.3, -0.25) is 9.10 Å². The molecule has 0 saturated carbocycles. The molecule has 3 aromatic carbocycles. The number of nitrogens with zero attached hydrogens (tertiary/aromatic N) is 2. The number of carbonyl (C=O) groups is 2. The first-order chi connectivity index (χ1) is 16.2. The number of esters is 1. The van der Waals surface area contributed by atoms with E-state index in [4.69, 9.17) is 16.3 Å². The lowest BCUT2D eigenvalue weighted by Crippen LogP contribution is -2.39. The van der Waals surface area contributed by atoms with Gasteiger partial charge in [-0.2, -0.15) is 0 Å². The molecule has 0 saturated heterocycles. The van der Waals surface area contributed by atoms with Crippen LogP contribution in [-0.4, -0.2) is 40.0 Å². The summed E-state index contributed by atoms with van der Waals surface area (Å²) in [5.74, 6) is -1.24. The number of amides is 1. The van der Waals surface area contributed by atoms with Gasteiger partial charge in [0.1, 0.15) is 0 Å². The van der Waals surface area contributed by atoms with Crippen LogP contribution in [0.5, 0.6) is 0 Å². The fraction of sp³-hybridized carbons (Fsp3) is 0.200. The number of ether oxygens (including phenoxy) is 1. The van der Waals surface area contributed by atoms with Crippen molar-refractivity contribution in [1.29, 1.82) is 0 Å². The summed E-state index contributed by atoms with van der Waals surface area (Å²) in [5, 5.41) is 0.0254. The summed E-state index contributed by atoms with van der Waals surface area (Å²) in [6.45, 7) is 1.99. The number of fused-ring (bicyclic) bond motifs is 1. The minimum absolute atomic E-state index is 0.0254. The zero-order valence-electron chi connectivity index (χ0n) is 18.6. The van der Waals surface area contributed by atoms with Crippen molar-refractivity contribution in [2.45, 2.75) is 24.3 Å². The summed E-state index contributed by atoms with van der Waals surface area (Å²) in [6.07, 6.45) is -0.356. The zero-order chi connectivity index (χ0) is 24.5. The molecule has 4 rings (SSSR count). The molecule has 176 valence electrons. The zero-order valence-corrected chi connectivity index (χ0v) is 20.2. The lowest BCUT2D eigenvalue weighted by molar-refractivity contribution is -0.126. The van der Waals surface area contributed by atoms with Crippen molar-refractivity contribution in [3.63, 3.8) is 0 Å². The number of para-hydroxylation sites is 2. The molecular weight excluding hydrogens is 476 g/mol. The van der Waals surface area contributed by atoms with Crippen molar-refractivity contribution in [2.75, 3.05) is 22.8 Å². The molecule has 1 aliphatic rings. The second-order valence-electron chi connectivity index (χ2n) is 7.87. The van der Waals surface area contributed by atoms with Crippen molar-refractivity contribution in [3.8, 4) is 0 Å². The first-order valence-electron chi connectivity index (χ1n) is 10.6. The molecule has 3 aromatic rings. The molecule has 7 nitrogen and oxygen atoms in total. The Labute approximate surface area is 203 Å². The first-order valence-corrected chi connectivity index (χ1v) is 12.5. The molecule has 0 bridgehead atoms. The number of carbonyl (C=O) groups excluding carboxylic acids is 2. The third-order valence-corrected chi connectivity index (χ3v) is 7.83. The second-order valence-corrected chi connectivity index (χ2v) is 10.2. The highest BCUT2D eigenvalue weighted by Crippen LogP contribution is 2.29. The van der Waals surface area contributed by atoms with Crippen LogP contribution in [0.4, 0.5) is 11.4 Å². The molecule has 0 N–H and O–H groups in total. The third-order valence-electron chi connectivity index (χ3n) is 5.72. The standard InChI is InChI=1S/C25H23ClN2O5S/c1-17(24(29)28-15-14-18-8-6-7-11-23(18)28)33-25(30)21-16-20(12-13-22(21)26)34(31,32)27(2)19-9-4-3-5-10-19/h3-13,16-17H,14-15H2,1-2H3/t17-/m1/s1. The topological polar surface area (TPSA) is 84.0 Å². The molecule has 1 heterocycles. The molecule has 1 aliphatic heterocycles. The van der Waals surface area contributed by atoms with Gasteiger partial charge >= 0.3 is 5.97 Å². The highest BCUT2D eigenvalue weighted by molar-refractivity contribution is 7.92. The Morgan fingerprint density at radius 1 is 1.03 bits per heavy atom. The van der Waals surface area contributed by atoms with Gasteiger partial charge in [-0.25, -0.2) is 13.2 Å². The molecule has 1 atom stereocenters. The summed E-state index contributed by atoms with van der Waals surface area (Å²) in [5.41, 5.74) is 2.18. The summed E-state index contributed by atoms with van der Waals surface area (Å²) in [6, 6.07) is 19.9. The maximum absolute atomic E-state index is 13.1. The third kappa shape index (κ3) is 4.51. The van der Waals surface area contributed by atoms with Crippen LogP contribution in [0, 0.1) is 0 Å². The first kappa shape index (κ1) is 23.8. The van der Waals surface area contributed by atoms with Gasteiger partial charge in [-0.15, -0.1) is 0 Å². The number of anilines is 2. The van der Waals surface area contributed by atoms with Crippen LogP contribution in [-0.2, 0) is 26.0 Å². The van der Waals surface area contributed by atoms with Crippen molar-refractivity contribution in [2.24, 2.45) is 0 Å². The molecule has 0 unspecified atom stereocenters. The minimum atomic E-state index is -3.96. The molecule has 0 aliphatic carbocycles. The average Bonchev–Trinajstić information content (AvgIpc) is 3.27. The highest BCUT2D eigenvalue weighted by atomic mass is 35.5. The van der Waals surface area contributed by atoms with Crippen LogP contribution < -0.4 is 9.21 Å². The Hall–Kier alpha value is -3.36. The van der Waals surface area contributed by atoms with Crippen molar-refractivity contribution >= 4 is 44.9 Å². The summed E-state index contributed by atoms with van der Waals surface area (Å²) in [7, 11) is -2.54. The van der Waals surface area contributed by atoms with Crippen LogP contribution >= 0.6 is 11.6 Å². The van der Waals surface area contributed by atoms with E-state index in [2.05, 4.69) is 0 Å². The fourth-order valence-electron chi connectivity index (χ4n) is 3.82.